The molecule has 26 heavy (non-hydrogen) atoms. The lowest BCUT2D eigenvalue weighted by atomic mass is 10.1. The first-order valence-corrected chi connectivity index (χ1v) is 8.70. The summed E-state index contributed by atoms with van der Waals surface area (Å²) in [6, 6.07) is 16.4. The highest BCUT2D eigenvalue weighted by Gasteiger charge is 2.25. The molecule has 0 unspecified atom stereocenters. The van der Waals surface area contributed by atoms with Gasteiger partial charge in [-0.1, -0.05) is 36.4 Å². The molecule has 6 nitrogen and oxygen atoms in total. The van der Waals surface area contributed by atoms with Gasteiger partial charge in [0.25, 0.3) is 11.5 Å². The van der Waals surface area contributed by atoms with E-state index in [-0.39, 0.29) is 11.5 Å². The first kappa shape index (κ1) is 16.5. The maximum atomic E-state index is 13.1. The molecule has 1 saturated heterocycles. The minimum Gasteiger partial charge on any atom is -0.335 e. The Bertz CT molecular complexity index is 1010. The predicted molar refractivity (Wildman–Crippen MR) is 101 cm³/mol. The first-order chi connectivity index (χ1) is 12.6. The SMILES string of the molecule is CN1CCN(C(=O)c2nn(-c3ccccc3)c(=O)c3ccccc23)CC1. The zero-order chi connectivity index (χ0) is 18.1. The van der Waals surface area contributed by atoms with Crippen LogP contribution in [0.4, 0.5) is 0 Å². The third-order valence-corrected chi connectivity index (χ3v) is 4.80. The van der Waals surface area contributed by atoms with Gasteiger partial charge in [0.1, 0.15) is 0 Å². The van der Waals surface area contributed by atoms with E-state index in [9.17, 15) is 9.59 Å². The molecule has 1 aromatic heterocycles. The highest BCUT2D eigenvalue weighted by atomic mass is 16.2. The molecule has 132 valence electrons. The largest absolute Gasteiger partial charge is 0.335 e. The second-order valence-corrected chi connectivity index (χ2v) is 6.54. The number of nitrogens with zero attached hydrogens (tertiary/aromatic N) is 4. The smallest absolute Gasteiger partial charge is 0.279 e. The van der Waals surface area contributed by atoms with Crippen molar-refractivity contribution in [2.24, 2.45) is 0 Å². The Kier molecular flexibility index (Phi) is 4.26. The van der Waals surface area contributed by atoms with Gasteiger partial charge in [0.05, 0.1) is 11.1 Å². The molecule has 0 bridgehead atoms. The average Bonchev–Trinajstić information content (AvgIpc) is 2.69. The van der Waals surface area contributed by atoms with Crippen LogP contribution in [0, 0.1) is 0 Å². The van der Waals surface area contributed by atoms with E-state index in [1.165, 1.54) is 4.68 Å². The molecule has 2 aromatic carbocycles. The molecule has 6 heteroatoms. The lowest BCUT2D eigenvalue weighted by Gasteiger charge is -2.32. The lowest BCUT2D eigenvalue weighted by Crippen LogP contribution is -2.47. The average molecular weight is 348 g/mol. The van der Waals surface area contributed by atoms with Crippen molar-refractivity contribution < 1.29 is 4.79 Å². The summed E-state index contributed by atoms with van der Waals surface area (Å²) in [5.74, 6) is -0.126. The van der Waals surface area contributed by atoms with Gasteiger partial charge >= 0.3 is 0 Å². The molecule has 0 aliphatic carbocycles. The number of para-hydroxylation sites is 1. The molecule has 0 spiro atoms. The van der Waals surface area contributed by atoms with Gasteiger partial charge in [-0.15, -0.1) is 0 Å². The van der Waals surface area contributed by atoms with Gasteiger partial charge in [0, 0.05) is 31.6 Å². The van der Waals surface area contributed by atoms with Gasteiger partial charge in [0.2, 0.25) is 0 Å². The van der Waals surface area contributed by atoms with E-state index in [2.05, 4.69) is 10.00 Å². The van der Waals surface area contributed by atoms with Crippen LogP contribution in [-0.2, 0) is 0 Å². The van der Waals surface area contributed by atoms with Crippen LogP contribution in [0.25, 0.3) is 16.5 Å². The van der Waals surface area contributed by atoms with Crippen molar-refractivity contribution in [2.75, 3.05) is 33.2 Å². The fourth-order valence-electron chi connectivity index (χ4n) is 3.25. The molecule has 0 atom stereocenters. The van der Waals surface area contributed by atoms with E-state index >= 15 is 0 Å². The minimum absolute atomic E-state index is 0.126. The number of carbonyl (C=O) groups excluding carboxylic acids is 1. The Morgan fingerprint density at radius 2 is 1.50 bits per heavy atom. The maximum Gasteiger partial charge on any atom is 0.279 e. The number of amides is 1. The second-order valence-electron chi connectivity index (χ2n) is 6.54. The molecule has 1 fully saturated rings. The van der Waals surface area contributed by atoms with E-state index in [1.807, 2.05) is 54.4 Å². The molecule has 1 amide bonds. The van der Waals surface area contributed by atoms with Crippen LogP contribution < -0.4 is 5.56 Å². The number of rotatable bonds is 2. The van der Waals surface area contributed by atoms with Gasteiger partial charge in [0.15, 0.2) is 5.69 Å². The van der Waals surface area contributed by atoms with Crippen LogP contribution in [-0.4, -0.2) is 58.7 Å². The number of fused-ring (bicyclic) bond motifs is 1. The Morgan fingerprint density at radius 3 is 2.19 bits per heavy atom. The maximum absolute atomic E-state index is 13.1. The number of likely N-dealkylation sites (N-methyl/N-ethyl adjacent to an activating group) is 1. The molecule has 0 N–H and O–H groups in total. The van der Waals surface area contributed by atoms with E-state index in [0.717, 1.165) is 13.1 Å². The summed E-state index contributed by atoms with van der Waals surface area (Å²) in [4.78, 5) is 30.0. The van der Waals surface area contributed by atoms with Gasteiger partial charge < -0.3 is 9.80 Å². The normalized spacial score (nSPS) is 15.3. The van der Waals surface area contributed by atoms with Crippen LogP contribution in [0.2, 0.25) is 0 Å². The third-order valence-electron chi connectivity index (χ3n) is 4.80. The minimum atomic E-state index is -0.221. The second kappa shape index (κ2) is 6.72. The molecular formula is C20H20N4O2. The number of hydrogen-bond acceptors (Lipinski definition) is 4. The number of piperazine rings is 1. The standard InChI is InChI=1S/C20H20N4O2/c1-22-11-13-23(14-12-22)20(26)18-16-9-5-6-10-17(16)19(25)24(21-18)15-7-3-2-4-8-15/h2-10H,11-14H2,1H3. The van der Waals surface area contributed by atoms with Crippen LogP contribution in [0.1, 0.15) is 10.5 Å². The van der Waals surface area contributed by atoms with Gasteiger partial charge in [-0.25, -0.2) is 0 Å². The summed E-state index contributed by atoms with van der Waals surface area (Å²) in [6.45, 7) is 3.00. The highest BCUT2D eigenvalue weighted by molar-refractivity contribution is 6.04. The zero-order valence-corrected chi connectivity index (χ0v) is 14.6. The zero-order valence-electron chi connectivity index (χ0n) is 14.6. The van der Waals surface area contributed by atoms with Crippen molar-refractivity contribution in [3.63, 3.8) is 0 Å². The monoisotopic (exact) mass is 348 g/mol. The van der Waals surface area contributed by atoms with Gasteiger partial charge in [-0.05, 0) is 25.2 Å². The van der Waals surface area contributed by atoms with Crippen LogP contribution in [0.3, 0.4) is 0 Å². The molecular weight excluding hydrogens is 328 g/mol. The molecule has 0 radical (unpaired) electrons. The quantitative estimate of drug-likeness (QED) is 0.708. The summed E-state index contributed by atoms with van der Waals surface area (Å²) < 4.78 is 1.33. The summed E-state index contributed by atoms with van der Waals surface area (Å²) in [7, 11) is 2.05. The van der Waals surface area contributed by atoms with Gasteiger partial charge in [-0.2, -0.15) is 9.78 Å². The number of benzene rings is 2. The van der Waals surface area contributed by atoms with Crippen molar-refractivity contribution in [3.05, 3.63) is 70.6 Å². The molecule has 2 heterocycles. The van der Waals surface area contributed by atoms with Crippen molar-refractivity contribution >= 4 is 16.7 Å². The summed E-state index contributed by atoms with van der Waals surface area (Å²) in [5, 5.41) is 5.57. The Morgan fingerprint density at radius 1 is 0.885 bits per heavy atom. The Labute approximate surface area is 151 Å². The Hall–Kier alpha value is -2.99. The van der Waals surface area contributed by atoms with E-state index in [4.69, 9.17) is 0 Å². The molecule has 1 aliphatic heterocycles. The third kappa shape index (κ3) is 2.88. The summed E-state index contributed by atoms with van der Waals surface area (Å²) >= 11 is 0. The first-order valence-electron chi connectivity index (χ1n) is 8.70. The van der Waals surface area contributed by atoms with Crippen molar-refractivity contribution in [3.8, 4) is 5.69 Å². The highest BCUT2D eigenvalue weighted by Crippen LogP contribution is 2.17. The van der Waals surface area contributed by atoms with Crippen molar-refractivity contribution in [2.45, 2.75) is 0 Å². The molecule has 4 rings (SSSR count). The number of hydrogen-bond donors (Lipinski definition) is 0. The summed E-state index contributed by atoms with van der Waals surface area (Å²) in [5.41, 5.74) is 0.756. The Balaban J connectivity index is 1.87. The van der Waals surface area contributed by atoms with Crippen molar-refractivity contribution in [1.29, 1.82) is 0 Å². The van der Waals surface area contributed by atoms with Crippen molar-refractivity contribution in [1.82, 2.24) is 19.6 Å². The van der Waals surface area contributed by atoms with Gasteiger partial charge in [-0.3, -0.25) is 9.59 Å². The lowest BCUT2D eigenvalue weighted by molar-refractivity contribution is 0.0658. The van der Waals surface area contributed by atoms with Crippen LogP contribution in [0.15, 0.2) is 59.4 Å². The number of carbonyl (C=O) groups is 1. The number of aromatic nitrogens is 2. The van der Waals surface area contributed by atoms with E-state index in [0.29, 0.717) is 35.2 Å². The van der Waals surface area contributed by atoms with Crippen LogP contribution in [0.5, 0.6) is 0 Å². The molecule has 3 aromatic rings. The topological polar surface area (TPSA) is 58.4 Å². The fraction of sp³-hybridized carbons (Fsp3) is 0.250. The van der Waals surface area contributed by atoms with E-state index in [1.54, 1.807) is 12.1 Å². The van der Waals surface area contributed by atoms with Crippen LogP contribution >= 0.6 is 0 Å². The fourth-order valence-corrected chi connectivity index (χ4v) is 3.25. The predicted octanol–water partition coefficient (Wildman–Crippen LogP) is 1.77. The van der Waals surface area contributed by atoms with E-state index < -0.39 is 0 Å². The molecule has 1 aliphatic rings. The summed E-state index contributed by atoms with van der Waals surface area (Å²) in [6.07, 6.45) is 0. The molecule has 0 saturated carbocycles.